The summed E-state index contributed by atoms with van der Waals surface area (Å²) in [7, 11) is 7.22. The third-order valence-electron chi connectivity index (χ3n) is 4.69. The molecule has 1 fully saturated rings. The summed E-state index contributed by atoms with van der Waals surface area (Å²) >= 11 is 1.41. The van der Waals surface area contributed by atoms with Gasteiger partial charge in [-0.2, -0.15) is 5.10 Å². The van der Waals surface area contributed by atoms with Gasteiger partial charge in [-0.25, -0.2) is 0 Å². The fraction of sp³-hybridized carbons (Fsp3) is 0.318. The molecule has 0 spiro atoms. The van der Waals surface area contributed by atoms with Crippen LogP contribution in [0.15, 0.2) is 52.7 Å². The number of hydrogen-bond donors (Lipinski definition) is 0. The second-order valence-corrected chi connectivity index (χ2v) is 7.83. The van der Waals surface area contributed by atoms with E-state index in [9.17, 15) is 4.79 Å². The molecule has 30 heavy (non-hydrogen) atoms. The molecular formula is C22H26N4O3S. The predicted octanol–water partition coefficient (Wildman–Crippen LogP) is 3.28. The summed E-state index contributed by atoms with van der Waals surface area (Å²) in [6, 6.07) is 13.8. The molecular weight excluding hydrogens is 400 g/mol. The van der Waals surface area contributed by atoms with Crippen LogP contribution >= 0.6 is 11.8 Å². The molecule has 0 aromatic heterocycles. The Labute approximate surface area is 181 Å². The molecule has 2 aromatic rings. The zero-order valence-electron chi connectivity index (χ0n) is 17.7. The number of rotatable bonds is 8. The van der Waals surface area contributed by atoms with E-state index >= 15 is 0 Å². The molecule has 0 N–H and O–H groups in total. The van der Waals surface area contributed by atoms with E-state index < -0.39 is 0 Å². The van der Waals surface area contributed by atoms with Gasteiger partial charge in [0, 0.05) is 26.3 Å². The van der Waals surface area contributed by atoms with Gasteiger partial charge < -0.3 is 14.4 Å². The van der Waals surface area contributed by atoms with Crippen LogP contribution in [0.5, 0.6) is 11.5 Å². The average Bonchev–Trinajstić information content (AvgIpc) is 3.11. The predicted molar refractivity (Wildman–Crippen MR) is 123 cm³/mol. The first kappa shape index (κ1) is 21.7. The van der Waals surface area contributed by atoms with Gasteiger partial charge in [-0.15, -0.1) is 5.10 Å². The summed E-state index contributed by atoms with van der Waals surface area (Å²) in [5.41, 5.74) is 3.13. The topological polar surface area (TPSA) is 66.7 Å². The van der Waals surface area contributed by atoms with Crippen molar-refractivity contribution in [3.8, 4) is 11.5 Å². The molecule has 2 aromatic carbocycles. The van der Waals surface area contributed by atoms with Crippen molar-refractivity contribution in [2.75, 3.05) is 45.5 Å². The van der Waals surface area contributed by atoms with Crippen molar-refractivity contribution in [2.24, 2.45) is 10.2 Å². The quantitative estimate of drug-likeness (QED) is 0.479. The maximum atomic E-state index is 12.3. The fourth-order valence-corrected chi connectivity index (χ4v) is 3.83. The maximum Gasteiger partial charge on any atom is 0.239 e. The molecule has 8 heteroatoms. The highest BCUT2D eigenvalue weighted by molar-refractivity contribution is 8.15. The standard InChI is InChI=1S/C22H26N4O3S/c1-25(2)18-8-5-17(6-9-18)14-23-24-22-26(21(27)15-30-22)12-11-16-7-10-19(28-3)20(13-16)29-4/h5-10,13-14H,11-12,15H2,1-4H3/b23-14-,24-22+. The van der Waals surface area contributed by atoms with Gasteiger partial charge in [-0.3, -0.25) is 9.69 Å². The highest BCUT2D eigenvalue weighted by Gasteiger charge is 2.28. The van der Waals surface area contributed by atoms with Crippen LogP contribution < -0.4 is 14.4 Å². The molecule has 1 amide bonds. The van der Waals surface area contributed by atoms with E-state index in [1.165, 1.54) is 11.8 Å². The highest BCUT2D eigenvalue weighted by Crippen LogP contribution is 2.28. The number of thioether (sulfide) groups is 1. The van der Waals surface area contributed by atoms with Crippen LogP contribution in [0.25, 0.3) is 0 Å². The molecule has 0 bridgehead atoms. The van der Waals surface area contributed by atoms with Gasteiger partial charge in [0.15, 0.2) is 16.7 Å². The summed E-state index contributed by atoms with van der Waals surface area (Å²) in [6.45, 7) is 0.535. The number of carbonyl (C=O) groups is 1. The van der Waals surface area contributed by atoms with E-state index in [-0.39, 0.29) is 5.91 Å². The van der Waals surface area contributed by atoms with E-state index in [2.05, 4.69) is 10.2 Å². The first-order valence-corrected chi connectivity index (χ1v) is 10.5. The Morgan fingerprint density at radius 2 is 1.83 bits per heavy atom. The minimum atomic E-state index is 0.0461. The monoisotopic (exact) mass is 426 g/mol. The Balaban J connectivity index is 1.65. The van der Waals surface area contributed by atoms with Crippen molar-refractivity contribution in [2.45, 2.75) is 6.42 Å². The van der Waals surface area contributed by atoms with Crippen LogP contribution in [0.1, 0.15) is 11.1 Å². The third-order valence-corrected chi connectivity index (χ3v) is 5.64. The van der Waals surface area contributed by atoms with Crippen LogP contribution in [0.2, 0.25) is 0 Å². The highest BCUT2D eigenvalue weighted by atomic mass is 32.2. The van der Waals surface area contributed by atoms with Crippen LogP contribution in [0.4, 0.5) is 5.69 Å². The molecule has 1 heterocycles. The van der Waals surface area contributed by atoms with Crippen molar-refractivity contribution in [1.29, 1.82) is 0 Å². The second kappa shape index (κ2) is 10.2. The van der Waals surface area contributed by atoms with Crippen molar-refractivity contribution in [1.82, 2.24) is 4.90 Å². The summed E-state index contributed by atoms with van der Waals surface area (Å²) in [5.74, 6) is 1.79. The van der Waals surface area contributed by atoms with E-state index in [0.29, 0.717) is 35.4 Å². The van der Waals surface area contributed by atoms with Gasteiger partial charge in [0.25, 0.3) is 0 Å². The Bertz CT molecular complexity index is 942. The minimum Gasteiger partial charge on any atom is -0.493 e. The molecule has 158 valence electrons. The fourth-order valence-electron chi connectivity index (χ4n) is 2.97. The number of benzene rings is 2. The molecule has 0 unspecified atom stereocenters. The molecule has 0 atom stereocenters. The summed E-state index contributed by atoms with van der Waals surface area (Å²) < 4.78 is 10.6. The molecule has 3 rings (SSSR count). The Kier molecular flexibility index (Phi) is 7.35. The van der Waals surface area contributed by atoms with Gasteiger partial charge in [0.05, 0.1) is 26.2 Å². The number of methoxy groups -OCH3 is 2. The van der Waals surface area contributed by atoms with Crippen LogP contribution in [0, 0.1) is 0 Å². The zero-order valence-corrected chi connectivity index (χ0v) is 18.5. The summed E-state index contributed by atoms with van der Waals surface area (Å²) in [5, 5.41) is 9.09. The van der Waals surface area contributed by atoms with Crippen molar-refractivity contribution >= 4 is 34.7 Å². The zero-order chi connectivity index (χ0) is 21.5. The van der Waals surface area contributed by atoms with Gasteiger partial charge >= 0.3 is 0 Å². The number of hydrogen-bond acceptors (Lipinski definition) is 7. The lowest BCUT2D eigenvalue weighted by molar-refractivity contribution is -0.124. The lowest BCUT2D eigenvalue weighted by atomic mass is 10.1. The van der Waals surface area contributed by atoms with Crippen LogP contribution in [-0.4, -0.2) is 62.8 Å². The number of amides is 1. The van der Waals surface area contributed by atoms with E-state index in [1.807, 2.05) is 61.5 Å². The van der Waals surface area contributed by atoms with Crippen LogP contribution in [0.3, 0.4) is 0 Å². The molecule has 0 saturated carbocycles. The van der Waals surface area contributed by atoms with Gasteiger partial charge in [0.2, 0.25) is 5.91 Å². The first-order chi connectivity index (χ1) is 14.5. The number of anilines is 1. The second-order valence-electron chi connectivity index (χ2n) is 6.89. The van der Waals surface area contributed by atoms with Crippen molar-refractivity contribution < 1.29 is 14.3 Å². The van der Waals surface area contributed by atoms with E-state index in [1.54, 1.807) is 25.3 Å². The number of nitrogens with zero attached hydrogens (tertiary/aromatic N) is 4. The van der Waals surface area contributed by atoms with Gasteiger partial charge in [-0.05, 0) is 41.8 Å². The number of carbonyl (C=O) groups excluding carboxylic acids is 1. The van der Waals surface area contributed by atoms with Crippen molar-refractivity contribution in [3.63, 3.8) is 0 Å². The van der Waals surface area contributed by atoms with Crippen LogP contribution in [-0.2, 0) is 11.2 Å². The normalized spacial score (nSPS) is 15.3. The molecule has 1 aliphatic rings. The van der Waals surface area contributed by atoms with Crippen molar-refractivity contribution in [3.05, 3.63) is 53.6 Å². The lowest BCUT2D eigenvalue weighted by Crippen LogP contribution is -2.31. The smallest absolute Gasteiger partial charge is 0.239 e. The Morgan fingerprint density at radius 1 is 1.10 bits per heavy atom. The molecule has 0 radical (unpaired) electrons. The van der Waals surface area contributed by atoms with E-state index in [0.717, 1.165) is 16.8 Å². The Hall–Kier alpha value is -3.00. The largest absolute Gasteiger partial charge is 0.493 e. The number of ether oxygens (including phenoxy) is 2. The molecule has 1 saturated heterocycles. The first-order valence-electron chi connectivity index (χ1n) is 9.54. The summed E-state index contributed by atoms with van der Waals surface area (Å²) in [4.78, 5) is 16.0. The van der Waals surface area contributed by atoms with Gasteiger partial charge in [-0.1, -0.05) is 30.0 Å². The third kappa shape index (κ3) is 5.33. The molecule has 7 nitrogen and oxygen atoms in total. The van der Waals surface area contributed by atoms with E-state index in [4.69, 9.17) is 9.47 Å². The van der Waals surface area contributed by atoms with Gasteiger partial charge in [0.1, 0.15) is 0 Å². The Morgan fingerprint density at radius 3 is 2.50 bits per heavy atom. The summed E-state index contributed by atoms with van der Waals surface area (Å²) in [6.07, 6.45) is 2.38. The number of amidine groups is 1. The maximum absolute atomic E-state index is 12.3. The minimum absolute atomic E-state index is 0.0461. The molecule has 0 aliphatic carbocycles. The molecule has 1 aliphatic heterocycles. The SMILES string of the molecule is COc1ccc(CCN2C(=O)CS/C2=N/N=C\c2ccc(N(C)C)cc2)cc1OC. The lowest BCUT2D eigenvalue weighted by Gasteiger charge is -2.16. The average molecular weight is 427 g/mol.